The Morgan fingerprint density at radius 2 is 1.95 bits per heavy atom. The first-order valence-corrected chi connectivity index (χ1v) is 6.35. The predicted molar refractivity (Wildman–Crippen MR) is 71.3 cm³/mol. The van der Waals surface area contributed by atoms with E-state index in [0.29, 0.717) is 5.76 Å². The standard InChI is InChI=1S/C10H12N6O3S/c1-4-6(3)19-10(13-4)20-8-7(16(17)18)5(2)12-9(14-8)15-11/h11H2,1-3H3,(H,12,14,15). The first-order valence-electron chi connectivity index (χ1n) is 5.54. The number of nitrogens with two attached hydrogens (primary N) is 1. The topological polar surface area (TPSA) is 133 Å². The first kappa shape index (κ1) is 14.2. The number of nitrogens with zero attached hydrogens (tertiary/aromatic N) is 4. The first-order chi connectivity index (χ1) is 9.42. The molecule has 2 aromatic rings. The van der Waals surface area contributed by atoms with Gasteiger partial charge in [0, 0.05) is 0 Å². The average molecular weight is 296 g/mol. The number of aromatic nitrogens is 3. The Morgan fingerprint density at radius 1 is 1.25 bits per heavy atom. The third-order valence-electron chi connectivity index (χ3n) is 2.53. The molecule has 2 rings (SSSR count). The summed E-state index contributed by atoms with van der Waals surface area (Å²) in [5.74, 6) is 5.99. The molecule has 0 aliphatic carbocycles. The third kappa shape index (κ3) is 2.70. The van der Waals surface area contributed by atoms with Gasteiger partial charge in [-0.05, 0) is 32.5 Å². The van der Waals surface area contributed by atoms with Crippen LogP contribution in [0.2, 0.25) is 0 Å². The lowest BCUT2D eigenvalue weighted by Gasteiger charge is -2.04. The van der Waals surface area contributed by atoms with Crippen LogP contribution < -0.4 is 11.3 Å². The van der Waals surface area contributed by atoms with Gasteiger partial charge in [0.15, 0.2) is 5.03 Å². The summed E-state index contributed by atoms with van der Waals surface area (Å²) in [6.07, 6.45) is 0. The zero-order chi connectivity index (χ0) is 14.9. The molecule has 0 unspecified atom stereocenters. The van der Waals surface area contributed by atoms with Crippen LogP contribution in [0, 0.1) is 30.9 Å². The van der Waals surface area contributed by atoms with Crippen molar-refractivity contribution in [3.63, 3.8) is 0 Å². The van der Waals surface area contributed by atoms with Gasteiger partial charge in [-0.1, -0.05) is 0 Å². The van der Waals surface area contributed by atoms with Gasteiger partial charge in [0.05, 0.1) is 10.6 Å². The highest BCUT2D eigenvalue weighted by molar-refractivity contribution is 7.99. The second-order valence-corrected chi connectivity index (χ2v) is 4.85. The zero-order valence-corrected chi connectivity index (χ0v) is 11.8. The molecule has 0 radical (unpaired) electrons. The number of anilines is 1. The number of aryl methyl sites for hydroxylation is 3. The van der Waals surface area contributed by atoms with E-state index in [-0.39, 0.29) is 27.6 Å². The van der Waals surface area contributed by atoms with Crippen molar-refractivity contribution >= 4 is 23.4 Å². The van der Waals surface area contributed by atoms with Crippen molar-refractivity contribution in [2.45, 2.75) is 31.0 Å². The van der Waals surface area contributed by atoms with Gasteiger partial charge in [0.1, 0.15) is 11.5 Å². The summed E-state index contributed by atoms with van der Waals surface area (Å²) < 4.78 is 5.38. The van der Waals surface area contributed by atoms with Gasteiger partial charge in [0.25, 0.3) is 5.22 Å². The minimum atomic E-state index is -0.541. The number of oxazole rings is 1. The lowest BCUT2D eigenvalue weighted by Crippen LogP contribution is -2.12. The maximum Gasteiger partial charge on any atom is 0.323 e. The summed E-state index contributed by atoms with van der Waals surface area (Å²) >= 11 is 0.955. The highest BCUT2D eigenvalue weighted by atomic mass is 32.2. The van der Waals surface area contributed by atoms with Crippen LogP contribution in [0.4, 0.5) is 11.6 Å². The molecule has 0 saturated heterocycles. The molecule has 20 heavy (non-hydrogen) atoms. The van der Waals surface area contributed by atoms with Gasteiger partial charge < -0.3 is 4.42 Å². The monoisotopic (exact) mass is 296 g/mol. The van der Waals surface area contributed by atoms with Crippen molar-refractivity contribution in [2.75, 3.05) is 5.43 Å². The molecule has 106 valence electrons. The second-order valence-electron chi connectivity index (χ2n) is 3.91. The Kier molecular flexibility index (Phi) is 3.86. The molecular weight excluding hydrogens is 284 g/mol. The average Bonchev–Trinajstić information content (AvgIpc) is 2.66. The fourth-order valence-electron chi connectivity index (χ4n) is 1.46. The maximum absolute atomic E-state index is 11.1. The summed E-state index contributed by atoms with van der Waals surface area (Å²) in [5, 5.41) is 11.5. The van der Waals surface area contributed by atoms with Crippen LogP contribution >= 0.6 is 11.8 Å². The minimum absolute atomic E-state index is 0.0931. The summed E-state index contributed by atoms with van der Waals surface area (Å²) in [4.78, 5) is 22.6. The van der Waals surface area contributed by atoms with Crippen LogP contribution in [0.1, 0.15) is 17.1 Å². The van der Waals surface area contributed by atoms with Crippen LogP contribution in [0.15, 0.2) is 14.7 Å². The molecule has 9 nitrogen and oxygen atoms in total. The minimum Gasteiger partial charge on any atom is -0.436 e. The van der Waals surface area contributed by atoms with Gasteiger partial charge in [0.2, 0.25) is 5.95 Å². The van der Waals surface area contributed by atoms with E-state index in [2.05, 4.69) is 20.4 Å². The second kappa shape index (κ2) is 5.43. The Balaban J connectivity index is 2.48. The van der Waals surface area contributed by atoms with Gasteiger partial charge in [-0.3, -0.25) is 15.5 Å². The van der Waals surface area contributed by atoms with Gasteiger partial charge in [-0.25, -0.2) is 15.8 Å². The van der Waals surface area contributed by atoms with Gasteiger partial charge >= 0.3 is 5.69 Å². The van der Waals surface area contributed by atoms with Crippen molar-refractivity contribution in [3.8, 4) is 0 Å². The maximum atomic E-state index is 11.1. The van der Waals surface area contributed by atoms with E-state index in [1.54, 1.807) is 13.8 Å². The zero-order valence-electron chi connectivity index (χ0n) is 11.0. The number of nitrogens with one attached hydrogen (secondary N) is 1. The number of nitrogen functional groups attached to an aromatic ring is 1. The van der Waals surface area contributed by atoms with Gasteiger partial charge in [-0.15, -0.1) is 0 Å². The van der Waals surface area contributed by atoms with Crippen molar-refractivity contribution in [2.24, 2.45) is 5.84 Å². The predicted octanol–water partition coefficient (Wildman–Crippen LogP) is 1.73. The molecule has 0 aliphatic rings. The molecule has 2 aromatic heterocycles. The molecular formula is C10H12N6O3S. The number of hydrogen-bond acceptors (Lipinski definition) is 9. The Morgan fingerprint density at radius 3 is 2.45 bits per heavy atom. The SMILES string of the molecule is Cc1nc(Sc2nc(NN)nc(C)c2[N+](=O)[O-])oc1C. The molecule has 10 heteroatoms. The molecule has 0 saturated carbocycles. The van der Waals surface area contributed by atoms with Crippen molar-refractivity contribution in [3.05, 3.63) is 27.3 Å². The summed E-state index contributed by atoms with van der Waals surface area (Å²) in [7, 11) is 0. The molecule has 0 fully saturated rings. The molecule has 0 aliphatic heterocycles. The van der Waals surface area contributed by atoms with Crippen LogP contribution in [-0.4, -0.2) is 19.9 Å². The van der Waals surface area contributed by atoms with E-state index in [1.165, 1.54) is 6.92 Å². The van der Waals surface area contributed by atoms with Crippen LogP contribution in [0.5, 0.6) is 0 Å². The molecule has 0 spiro atoms. The molecule has 3 N–H and O–H groups in total. The van der Waals surface area contributed by atoms with E-state index < -0.39 is 4.92 Å². The van der Waals surface area contributed by atoms with E-state index >= 15 is 0 Å². The van der Waals surface area contributed by atoms with E-state index in [0.717, 1.165) is 17.5 Å². The Labute approximate surface area is 118 Å². The smallest absolute Gasteiger partial charge is 0.323 e. The number of hydrogen-bond donors (Lipinski definition) is 2. The largest absolute Gasteiger partial charge is 0.436 e. The quantitative estimate of drug-likeness (QED) is 0.374. The molecule has 0 atom stereocenters. The summed E-state index contributed by atoms with van der Waals surface area (Å²) in [6.45, 7) is 5.06. The number of nitro groups is 1. The Bertz CT molecular complexity index is 652. The molecule has 2 heterocycles. The summed E-state index contributed by atoms with van der Waals surface area (Å²) in [5.41, 5.74) is 3.00. The normalized spacial score (nSPS) is 10.6. The van der Waals surface area contributed by atoms with Crippen molar-refractivity contribution in [1.82, 2.24) is 15.0 Å². The fraction of sp³-hybridized carbons (Fsp3) is 0.300. The highest BCUT2D eigenvalue weighted by Gasteiger charge is 2.24. The third-order valence-corrected chi connectivity index (χ3v) is 3.36. The van der Waals surface area contributed by atoms with Crippen LogP contribution in [-0.2, 0) is 0 Å². The van der Waals surface area contributed by atoms with E-state index in [1.807, 2.05) is 0 Å². The van der Waals surface area contributed by atoms with E-state index in [9.17, 15) is 10.1 Å². The molecule has 0 aromatic carbocycles. The Hall–Kier alpha value is -2.20. The fourth-order valence-corrected chi connectivity index (χ4v) is 2.42. The van der Waals surface area contributed by atoms with Gasteiger partial charge in [-0.2, -0.15) is 4.98 Å². The van der Waals surface area contributed by atoms with Crippen LogP contribution in [0.3, 0.4) is 0 Å². The number of hydrazine groups is 1. The molecule has 0 bridgehead atoms. The van der Waals surface area contributed by atoms with Crippen molar-refractivity contribution < 1.29 is 9.34 Å². The van der Waals surface area contributed by atoms with Crippen molar-refractivity contribution in [1.29, 1.82) is 0 Å². The summed E-state index contributed by atoms with van der Waals surface area (Å²) in [6, 6.07) is 0. The number of rotatable bonds is 4. The van der Waals surface area contributed by atoms with Crippen LogP contribution in [0.25, 0.3) is 0 Å². The lowest BCUT2D eigenvalue weighted by atomic mass is 10.4. The highest BCUT2D eigenvalue weighted by Crippen LogP contribution is 2.35. The van der Waals surface area contributed by atoms with E-state index in [4.69, 9.17) is 10.3 Å². The molecule has 0 amide bonds. The lowest BCUT2D eigenvalue weighted by molar-refractivity contribution is -0.389.